The molecule has 17 heavy (non-hydrogen) atoms. The summed E-state index contributed by atoms with van der Waals surface area (Å²) >= 11 is 0. The molecule has 1 aromatic rings. The van der Waals surface area contributed by atoms with Crippen molar-refractivity contribution in [2.24, 2.45) is 4.52 Å². The Hall–Kier alpha value is -2.12. The third kappa shape index (κ3) is 2.52. The number of nitrogens with zero attached hydrogens (tertiary/aromatic N) is 4. The van der Waals surface area contributed by atoms with Crippen molar-refractivity contribution in [3.63, 3.8) is 0 Å². The number of sulfonamides is 1. The van der Waals surface area contributed by atoms with Crippen LogP contribution in [0, 0.1) is 24.0 Å². The minimum absolute atomic E-state index is 0.322. The average Bonchev–Trinajstić information content (AvgIpc) is 2.21. The van der Waals surface area contributed by atoms with Gasteiger partial charge < -0.3 is 0 Å². The van der Waals surface area contributed by atoms with Crippen molar-refractivity contribution in [2.45, 2.75) is 18.7 Å². The molecule has 0 radical (unpaired) electrons. The van der Waals surface area contributed by atoms with E-state index < -0.39 is 14.9 Å². The number of non-ortho nitro benzene ring substituents is 1. The molecule has 0 saturated carbocycles. The molecule has 0 aliphatic heterocycles. The number of hydrogen-bond acceptors (Lipinski definition) is 4. The zero-order valence-corrected chi connectivity index (χ0v) is 9.80. The molecule has 0 saturated heterocycles. The summed E-state index contributed by atoms with van der Waals surface area (Å²) in [7, 11) is -4.22. The van der Waals surface area contributed by atoms with E-state index in [-0.39, 0.29) is 10.6 Å². The molecular weight excluding hydrogens is 248 g/mol. The van der Waals surface area contributed by atoms with Crippen molar-refractivity contribution in [2.75, 3.05) is 0 Å². The van der Waals surface area contributed by atoms with Crippen LogP contribution >= 0.6 is 0 Å². The van der Waals surface area contributed by atoms with Gasteiger partial charge in [-0.25, -0.2) is 8.42 Å². The Morgan fingerprint density at radius 3 is 2.47 bits per heavy atom. The smallest absolute Gasteiger partial charge is 0.258 e. The van der Waals surface area contributed by atoms with Crippen molar-refractivity contribution in [1.29, 1.82) is 0 Å². The first-order valence-corrected chi connectivity index (χ1v) is 5.80. The van der Waals surface area contributed by atoms with Crippen molar-refractivity contribution in [1.82, 2.24) is 0 Å². The first-order chi connectivity index (χ1) is 7.79. The van der Waals surface area contributed by atoms with E-state index in [9.17, 15) is 18.5 Å². The fourth-order valence-electron chi connectivity index (χ4n) is 1.27. The highest BCUT2D eigenvalue weighted by Gasteiger charge is 2.21. The molecule has 0 amide bonds. The predicted molar refractivity (Wildman–Crippen MR) is 58.9 cm³/mol. The van der Waals surface area contributed by atoms with Gasteiger partial charge in [0, 0.05) is 21.6 Å². The highest BCUT2D eigenvalue weighted by atomic mass is 32.2. The molecule has 0 unspecified atom stereocenters. The van der Waals surface area contributed by atoms with Crippen LogP contribution in [0.2, 0.25) is 0 Å². The van der Waals surface area contributed by atoms with E-state index in [1.165, 1.54) is 19.9 Å². The van der Waals surface area contributed by atoms with Gasteiger partial charge in [-0.15, -0.1) is 0 Å². The van der Waals surface area contributed by atoms with E-state index in [4.69, 9.17) is 5.53 Å². The predicted octanol–water partition coefficient (Wildman–Crippen LogP) is 2.21. The molecule has 0 heterocycles. The molecule has 1 aromatic carbocycles. The maximum atomic E-state index is 11.5. The average molecular weight is 256 g/mol. The van der Waals surface area contributed by atoms with E-state index in [0.29, 0.717) is 11.1 Å². The van der Waals surface area contributed by atoms with Gasteiger partial charge in [0.25, 0.3) is 15.7 Å². The molecule has 90 valence electrons. The minimum atomic E-state index is -4.22. The summed E-state index contributed by atoms with van der Waals surface area (Å²) in [6.45, 7) is 3.02. The van der Waals surface area contributed by atoms with Crippen LogP contribution in [-0.2, 0) is 10.0 Å². The van der Waals surface area contributed by atoms with E-state index >= 15 is 0 Å². The Labute approximate surface area is 96.7 Å². The molecule has 0 aliphatic rings. The number of aryl methyl sites for hydroxylation is 1. The fraction of sp³-hybridized carbons (Fsp3) is 0.250. The summed E-state index contributed by atoms with van der Waals surface area (Å²) in [5.41, 5.74) is 8.54. The van der Waals surface area contributed by atoms with Crippen LogP contribution in [0.3, 0.4) is 0 Å². The second kappa shape index (κ2) is 4.40. The highest BCUT2D eigenvalue weighted by molar-refractivity contribution is 7.90. The summed E-state index contributed by atoms with van der Waals surface area (Å²) in [6.07, 6.45) is 0. The van der Waals surface area contributed by atoms with Gasteiger partial charge in [-0.05, 0) is 30.5 Å². The van der Waals surface area contributed by atoms with Gasteiger partial charge in [0.05, 0.1) is 9.82 Å². The number of rotatable bonds is 3. The zero-order chi connectivity index (χ0) is 13.2. The Morgan fingerprint density at radius 1 is 1.41 bits per heavy atom. The number of nitro groups is 1. The monoisotopic (exact) mass is 256 g/mol. The third-order valence-corrected chi connectivity index (χ3v) is 3.51. The van der Waals surface area contributed by atoms with Crippen molar-refractivity contribution < 1.29 is 13.3 Å². The molecule has 0 atom stereocenters. The van der Waals surface area contributed by atoms with Crippen molar-refractivity contribution >= 4 is 15.7 Å². The van der Waals surface area contributed by atoms with E-state index in [1.54, 1.807) is 0 Å². The van der Waals surface area contributed by atoms with Crippen molar-refractivity contribution in [3.05, 3.63) is 43.8 Å². The van der Waals surface area contributed by atoms with Crippen LogP contribution in [0.4, 0.5) is 5.69 Å². The van der Waals surface area contributed by atoms with Crippen LogP contribution in [0.1, 0.15) is 11.1 Å². The van der Waals surface area contributed by atoms with Crippen LogP contribution in [0.25, 0.3) is 10.4 Å². The molecular formula is C8H8N4O4S. The maximum absolute atomic E-state index is 11.5. The molecule has 0 bridgehead atoms. The third-order valence-electron chi connectivity index (χ3n) is 2.24. The van der Waals surface area contributed by atoms with Gasteiger partial charge in [-0.3, -0.25) is 10.1 Å². The largest absolute Gasteiger partial charge is 0.271 e. The second-order valence-corrected chi connectivity index (χ2v) is 4.84. The lowest BCUT2D eigenvalue weighted by Crippen LogP contribution is -2.02. The number of hydrogen-bond donors (Lipinski definition) is 0. The molecule has 0 N–H and O–H groups in total. The first kappa shape index (κ1) is 12.9. The lowest BCUT2D eigenvalue weighted by atomic mass is 10.1. The number of nitro benzene ring substituents is 1. The van der Waals surface area contributed by atoms with Gasteiger partial charge in [0.2, 0.25) is 0 Å². The topological polar surface area (TPSA) is 126 Å². The molecule has 1 rings (SSSR count). The van der Waals surface area contributed by atoms with Gasteiger partial charge >= 0.3 is 0 Å². The quantitative estimate of drug-likeness (QED) is 0.270. The molecule has 0 spiro atoms. The molecule has 0 aromatic heterocycles. The molecule has 9 heteroatoms. The van der Waals surface area contributed by atoms with Gasteiger partial charge in [-0.1, -0.05) is 0 Å². The summed E-state index contributed by atoms with van der Waals surface area (Å²) in [6, 6.07) is 2.14. The first-order valence-electron chi connectivity index (χ1n) is 4.36. The SMILES string of the molecule is Cc1cc([N+](=O)[O-])cc(S(=O)(=O)N=[N+]=[N-])c1C. The van der Waals surface area contributed by atoms with Crippen LogP contribution in [0.15, 0.2) is 21.5 Å². The summed E-state index contributed by atoms with van der Waals surface area (Å²) in [4.78, 5) is 11.8. The van der Waals surface area contributed by atoms with Gasteiger partial charge in [-0.2, -0.15) is 0 Å². The Morgan fingerprint density at radius 2 is 2.00 bits per heavy atom. The van der Waals surface area contributed by atoms with E-state index in [2.05, 4.69) is 9.43 Å². The van der Waals surface area contributed by atoms with E-state index in [1.807, 2.05) is 0 Å². The second-order valence-electron chi connectivity index (χ2n) is 3.29. The normalized spacial score (nSPS) is 10.7. The Balaban J connectivity index is 3.65. The zero-order valence-electron chi connectivity index (χ0n) is 8.98. The highest BCUT2D eigenvalue weighted by Crippen LogP contribution is 2.26. The summed E-state index contributed by atoms with van der Waals surface area (Å²) in [5.74, 6) is 0. The Bertz CT molecular complexity index is 631. The van der Waals surface area contributed by atoms with Crippen LogP contribution < -0.4 is 0 Å². The number of benzene rings is 1. The molecule has 0 fully saturated rings. The standard InChI is InChI=1S/C8H8N4O4S/c1-5-3-7(12(13)14)4-8(6(5)2)17(15,16)11-10-9/h3-4H,1-2H3. The fourth-order valence-corrected chi connectivity index (χ4v) is 2.28. The summed E-state index contributed by atoms with van der Waals surface area (Å²) < 4.78 is 25.7. The van der Waals surface area contributed by atoms with Gasteiger partial charge in [0.15, 0.2) is 0 Å². The maximum Gasteiger partial charge on any atom is 0.271 e. The lowest BCUT2D eigenvalue weighted by Gasteiger charge is -2.06. The van der Waals surface area contributed by atoms with Crippen LogP contribution in [0.5, 0.6) is 0 Å². The summed E-state index contributed by atoms with van der Waals surface area (Å²) in [5, 5.41) is 10.6. The van der Waals surface area contributed by atoms with Gasteiger partial charge in [0.1, 0.15) is 0 Å². The number of azide groups is 1. The van der Waals surface area contributed by atoms with Crippen molar-refractivity contribution in [3.8, 4) is 0 Å². The molecule has 0 aliphatic carbocycles. The molecule has 8 nitrogen and oxygen atoms in total. The van der Waals surface area contributed by atoms with E-state index in [0.717, 1.165) is 6.07 Å². The van der Waals surface area contributed by atoms with Crippen LogP contribution in [-0.4, -0.2) is 13.3 Å². The minimum Gasteiger partial charge on any atom is -0.258 e. The lowest BCUT2D eigenvalue weighted by molar-refractivity contribution is -0.385. The Kier molecular flexibility index (Phi) is 3.35.